The zero-order chi connectivity index (χ0) is 22.9. The number of rotatable bonds is 6. The molecule has 0 bridgehead atoms. The van der Waals surface area contributed by atoms with Crippen LogP contribution in [0.15, 0.2) is 47.4 Å². The third-order valence-corrected chi connectivity index (χ3v) is 8.29. The van der Waals surface area contributed by atoms with Gasteiger partial charge in [-0.15, -0.1) is 0 Å². The summed E-state index contributed by atoms with van der Waals surface area (Å²) in [6.45, 7) is 2.84. The second-order valence-electron chi connectivity index (χ2n) is 8.14. The number of anilines is 1. The van der Waals surface area contributed by atoms with E-state index < -0.39 is 16.1 Å². The smallest absolute Gasteiger partial charge is 0.243 e. The molecule has 2 aliphatic heterocycles. The van der Waals surface area contributed by atoms with Crippen molar-refractivity contribution in [2.75, 3.05) is 24.5 Å². The standard InChI is InChI=1S/C23H26ClN3O4S/c1-16(28)27-21-9-8-19(32(30,31)26-12-4-5-13-26)14-18(21)15-22(27)23(29)25-11-10-17-6-2-3-7-20(17)24/h2-3,6-9,14,22H,4-5,10-13,15H2,1H3,(H,25,29). The Hall–Kier alpha value is -2.42. The molecule has 170 valence electrons. The molecule has 2 heterocycles. The van der Waals surface area contributed by atoms with E-state index >= 15 is 0 Å². The number of benzene rings is 2. The van der Waals surface area contributed by atoms with Crippen LogP contribution >= 0.6 is 11.6 Å². The average molecular weight is 476 g/mol. The molecule has 1 atom stereocenters. The van der Waals surface area contributed by atoms with Crippen LogP contribution in [0.3, 0.4) is 0 Å². The van der Waals surface area contributed by atoms with Crippen LogP contribution in [0.4, 0.5) is 5.69 Å². The van der Waals surface area contributed by atoms with Crippen molar-refractivity contribution in [3.8, 4) is 0 Å². The van der Waals surface area contributed by atoms with Crippen LogP contribution in [-0.4, -0.2) is 50.2 Å². The Morgan fingerprint density at radius 2 is 1.84 bits per heavy atom. The Labute approximate surface area is 193 Å². The molecule has 2 aromatic rings. The highest BCUT2D eigenvalue weighted by Gasteiger charge is 2.38. The van der Waals surface area contributed by atoms with E-state index in [2.05, 4.69) is 5.32 Å². The van der Waals surface area contributed by atoms with E-state index in [4.69, 9.17) is 11.6 Å². The number of nitrogens with one attached hydrogen (secondary N) is 1. The SMILES string of the molecule is CC(=O)N1c2ccc(S(=O)(=O)N3CCCC3)cc2CC1C(=O)NCCc1ccccc1Cl. The normalized spacial score (nSPS) is 18.6. The number of nitrogens with zero attached hydrogens (tertiary/aromatic N) is 2. The van der Waals surface area contributed by atoms with Crippen LogP contribution in [0.2, 0.25) is 5.02 Å². The fraction of sp³-hybridized carbons (Fsp3) is 0.391. The minimum absolute atomic E-state index is 0.210. The maximum Gasteiger partial charge on any atom is 0.243 e. The van der Waals surface area contributed by atoms with Gasteiger partial charge in [0.1, 0.15) is 6.04 Å². The van der Waals surface area contributed by atoms with E-state index in [-0.39, 0.29) is 23.1 Å². The van der Waals surface area contributed by atoms with Gasteiger partial charge < -0.3 is 5.32 Å². The van der Waals surface area contributed by atoms with Gasteiger partial charge in [-0.25, -0.2) is 8.42 Å². The molecule has 0 spiro atoms. The lowest BCUT2D eigenvalue weighted by Crippen LogP contribution is -2.47. The predicted octanol–water partition coefficient (Wildman–Crippen LogP) is 2.76. The maximum atomic E-state index is 12.9. The number of hydrogen-bond acceptors (Lipinski definition) is 4. The summed E-state index contributed by atoms with van der Waals surface area (Å²) in [7, 11) is -3.57. The molecule has 4 rings (SSSR count). The van der Waals surface area contributed by atoms with Gasteiger partial charge in [-0.1, -0.05) is 29.8 Å². The van der Waals surface area contributed by atoms with Crippen molar-refractivity contribution in [1.29, 1.82) is 0 Å². The van der Waals surface area contributed by atoms with Crippen LogP contribution in [0.5, 0.6) is 0 Å². The number of halogens is 1. The van der Waals surface area contributed by atoms with E-state index in [1.807, 2.05) is 18.2 Å². The summed E-state index contributed by atoms with van der Waals surface area (Å²) in [6.07, 6.45) is 2.57. The minimum atomic E-state index is -3.57. The Bertz CT molecular complexity index is 1150. The third kappa shape index (κ3) is 4.40. The van der Waals surface area contributed by atoms with Crippen LogP contribution in [-0.2, 0) is 32.5 Å². The first-order valence-corrected chi connectivity index (χ1v) is 12.5. The first-order valence-electron chi connectivity index (χ1n) is 10.7. The largest absolute Gasteiger partial charge is 0.354 e. The van der Waals surface area contributed by atoms with Crippen molar-refractivity contribution in [2.45, 2.75) is 43.5 Å². The molecule has 0 radical (unpaired) electrons. The Kier molecular flexibility index (Phi) is 6.55. The fourth-order valence-corrected chi connectivity index (χ4v) is 6.20. The second-order valence-corrected chi connectivity index (χ2v) is 10.5. The quantitative estimate of drug-likeness (QED) is 0.696. The highest BCUT2D eigenvalue weighted by Crippen LogP contribution is 2.35. The highest BCUT2D eigenvalue weighted by molar-refractivity contribution is 7.89. The molecule has 7 nitrogen and oxygen atoms in total. The molecule has 0 aliphatic carbocycles. The molecule has 0 saturated carbocycles. The number of carbonyl (C=O) groups is 2. The highest BCUT2D eigenvalue weighted by atomic mass is 35.5. The molecule has 1 N–H and O–H groups in total. The number of hydrogen-bond donors (Lipinski definition) is 1. The summed E-state index contributed by atoms with van der Waals surface area (Å²) in [5, 5.41) is 3.54. The van der Waals surface area contributed by atoms with Gasteiger partial charge in [0.05, 0.1) is 4.90 Å². The maximum absolute atomic E-state index is 12.9. The lowest BCUT2D eigenvalue weighted by Gasteiger charge is -2.23. The van der Waals surface area contributed by atoms with E-state index in [9.17, 15) is 18.0 Å². The first kappa shape index (κ1) is 22.8. The summed E-state index contributed by atoms with van der Waals surface area (Å²) in [5.74, 6) is -0.530. The topological polar surface area (TPSA) is 86.8 Å². The van der Waals surface area contributed by atoms with Gasteiger partial charge in [0.15, 0.2) is 0 Å². The van der Waals surface area contributed by atoms with Crippen LogP contribution in [0.1, 0.15) is 30.9 Å². The average Bonchev–Trinajstić information content (AvgIpc) is 3.43. The van der Waals surface area contributed by atoms with Gasteiger partial charge in [0, 0.05) is 43.7 Å². The van der Waals surface area contributed by atoms with Crippen LogP contribution in [0, 0.1) is 0 Å². The number of fused-ring (bicyclic) bond motifs is 1. The van der Waals surface area contributed by atoms with Crippen LogP contribution < -0.4 is 10.2 Å². The molecule has 9 heteroatoms. The summed E-state index contributed by atoms with van der Waals surface area (Å²) in [5.41, 5.74) is 2.21. The summed E-state index contributed by atoms with van der Waals surface area (Å²) < 4.78 is 27.3. The van der Waals surface area contributed by atoms with Gasteiger partial charge in [0.2, 0.25) is 21.8 Å². The zero-order valence-electron chi connectivity index (χ0n) is 17.9. The number of carbonyl (C=O) groups excluding carboxylic acids is 2. The number of sulfonamides is 1. The second kappa shape index (κ2) is 9.21. The molecule has 2 aliphatic rings. The summed E-state index contributed by atoms with van der Waals surface area (Å²) in [6, 6.07) is 11.5. The van der Waals surface area contributed by atoms with Gasteiger partial charge >= 0.3 is 0 Å². The van der Waals surface area contributed by atoms with Crippen molar-refractivity contribution >= 4 is 39.1 Å². The molecule has 2 aromatic carbocycles. The van der Waals surface area contributed by atoms with Gasteiger partial charge in [0.25, 0.3) is 0 Å². The zero-order valence-corrected chi connectivity index (χ0v) is 19.5. The lowest BCUT2D eigenvalue weighted by atomic mass is 10.1. The minimum Gasteiger partial charge on any atom is -0.354 e. The van der Waals surface area contributed by atoms with Crippen molar-refractivity contribution in [3.05, 3.63) is 58.6 Å². The lowest BCUT2D eigenvalue weighted by molar-refractivity contribution is -0.125. The van der Waals surface area contributed by atoms with Gasteiger partial charge in [-0.05, 0) is 54.7 Å². The molecule has 2 amide bonds. The third-order valence-electron chi connectivity index (χ3n) is 6.03. The summed E-state index contributed by atoms with van der Waals surface area (Å²) in [4.78, 5) is 26.9. The van der Waals surface area contributed by atoms with Crippen molar-refractivity contribution in [3.63, 3.8) is 0 Å². The fourth-order valence-electron chi connectivity index (χ4n) is 4.40. The predicted molar refractivity (Wildman–Crippen MR) is 123 cm³/mol. The molecule has 32 heavy (non-hydrogen) atoms. The first-order chi connectivity index (χ1) is 15.3. The molecular weight excluding hydrogens is 450 g/mol. The molecular formula is C23H26ClN3O4S. The van der Waals surface area contributed by atoms with E-state index in [1.54, 1.807) is 18.2 Å². The van der Waals surface area contributed by atoms with E-state index in [0.29, 0.717) is 42.3 Å². The van der Waals surface area contributed by atoms with Gasteiger partial charge in [-0.2, -0.15) is 4.31 Å². The van der Waals surface area contributed by atoms with E-state index in [0.717, 1.165) is 18.4 Å². The van der Waals surface area contributed by atoms with Crippen molar-refractivity contribution in [2.24, 2.45) is 0 Å². The molecule has 1 unspecified atom stereocenters. The van der Waals surface area contributed by atoms with Crippen LogP contribution in [0.25, 0.3) is 0 Å². The van der Waals surface area contributed by atoms with Crippen molar-refractivity contribution in [1.82, 2.24) is 9.62 Å². The Balaban J connectivity index is 1.50. The van der Waals surface area contributed by atoms with Crippen molar-refractivity contribution < 1.29 is 18.0 Å². The molecule has 1 fully saturated rings. The van der Waals surface area contributed by atoms with Gasteiger partial charge in [-0.3, -0.25) is 14.5 Å². The van der Waals surface area contributed by atoms with E-state index in [1.165, 1.54) is 22.2 Å². The molecule has 0 aromatic heterocycles. The Morgan fingerprint density at radius 1 is 1.12 bits per heavy atom. The Morgan fingerprint density at radius 3 is 2.53 bits per heavy atom. The number of amides is 2. The monoisotopic (exact) mass is 475 g/mol. The summed E-state index contributed by atoms with van der Waals surface area (Å²) >= 11 is 6.17. The molecule has 1 saturated heterocycles.